The second-order valence-corrected chi connectivity index (χ2v) is 6.40. The van der Waals surface area contributed by atoms with E-state index in [4.69, 9.17) is 9.47 Å². The lowest BCUT2D eigenvalue weighted by molar-refractivity contribution is 0.0420. The average molecular weight is 351 g/mol. The number of guanidine groups is 1. The summed E-state index contributed by atoms with van der Waals surface area (Å²) in [5.41, 5.74) is 2.28. The smallest absolute Gasteiger partial charge is 0.191 e. The fourth-order valence-corrected chi connectivity index (χ4v) is 2.83. The van der Waals surface area contributed by atoms with Crippen molar-refractivity contribution < 1.29 is 9.47 Å². The lowest BCUT2D eigenvalue weighted by Crippen LogP contribution is -2.38. The zero-order valence-electron chi connectivity index (χ0n) is 15.9. The second-order valence-electron chi connectivity index (χ2n) is 6.40. The number of hydrogen-bond acceptors (Lipinski definition) is 4. The summed E-state index contributed by atoms with van der Waals surface area (Å²) in [6.45, 7) is 11.9. The molecule has 0 aliphatic carbocycles. The van der Waals surface area contributed by atoms with Gasteiger partial charge in [0.25, 0.3) is 0 Å². The normalized spacial score (nSPS) is 17.9. The quantitative estimate of drug-likeness (QED) is 0.381. The van der Waals surface area contributed by atoms with Crippen molar-refractivity contribution in [2.75, 3.05) is 39.5 Å². The van der Waals surface area contributed by atoms with E-state index in [9.17, 15) is 0 Å². The maximum absolute atomic E-state index is 5.77. The first-order valence-corrected chi connectivity index (χ1v) is 9.41. The first kappa shape index (κ1) is 19.7. The number of aliphatic imine (C=N–C) groups is 1. The minimum Gasteiger partial charge on any atom is -0.379 e. The van der Waals surface area contributed by atoms with E-state index in [-0.39, 0.29) is 6.10 Å². The number of nitrogens with one attached hydrogen (secondary N) is 2. The van der Waals surface area contributed by atoms with E-state index >= 15 is 0 Å². The largest absolute Gasteiger partial charge is 0.379 e. The van der Waals surface area contributed by atoms with E-state index < -0.39 is 0 Å². The number of aryl methyl sites for hydroxylation is 3. The van der Waals surface area contributed by atoms with Crippen LogP contribution in [0, 0.1) is 13.8 Å². The summed E-state index contributed by atoms with van der Waals surface area (Å²) in [5.74, 6) is 0.875. The molecule has 1 fully saturated rings. The van der Waals surface area contributed by atoms with Crippen LogP contribution in [0.2, 0.25) is 0 Å². The van der Waals surface area contributed by atoms with Gasteiger partial charge in [-0.1, -0.05) is 0 Å². The van der Waals surface area contributed by atoms with Crippen molar-refractivity contribution in [2.24, 2.45) is 4.99 Å². The molecule has 0 saturated carbocycles. The molecule has 0 aromatic carbocycles. The summed E-state index contributed by atoms with van der Waals surface area (Å²) in [6, 6.07) is 2.11. The SMILES string of the molecule is CCNC(=NCCCn1nc(C)cc1C)NCCCOC1CCOC1. The van der Waals surface area contributed by atoms with Gasteiger partial charge in [-0.15, -0.1) is 0 Å². The van der Waals surface area contributed by atoms with E-state index in [0.29, 0.717) is 0 Å². The van der Waals surface area contributed by atoms with Gasteiger partial charge in [0.15, 0.2) is 5.96 Å². The summed E-state index contributed by atoms with van der Waals surface area (Å²) in [7, 11) is 0. The predicted molar refractivity (Wildman–Crippen MR) is 100 cm³/mol. The molecule has 0 bridgehead atoms. The highest BCUT2D eigenvalue weighted by atomic mass is 16.5. The molecule has 1 aliphatic heterocycles. The monoisotopic (exact) mass is 351 g/mol. The van der Waals surface area contributed by atoms with Crippen molar-refractivity contribution in [2.45, 2.75) is 52.7 Å². The van der Waals surface area contributed by atoms with Crippen molar-refractivity contribution in [3.8, 4) is 0 Å². The van der Waals surface area contributed by atoms with Crippen LogP contribution in [0.5, 0.6) is 0 Å². The fraction of sp³-hybridized carbons (Fsp3) is 0.778. The van der Waals surface area contributed by atoms with Crippen molar-refractivity contribution in [1.29, 1.82) is 0 Å². The zero-order valence-corrected chi connectivity index (χ0v) is 15.9. The molecule has 25 heavy (non-hydrogen) atoms. The predicted octanol–water partition coefficient (Wildman–Crippen LogP) is 1.64. The molecular formula is C18H33N5O2. The Balaban J connectivity index is 1.60. The van der Waals surface area contributed by atoms with Gasteiger partial charge in [0.05, 0.1) is 18.4 Å². The molecule has 2 N–H and O–H groups in total. The molecule has 1 saturated heterocycles. The maximum Gasteiger partial charge on any atom is 0.191 e. The van der Waals surface area contributed by atoms with Gasteiger partial charge >= 0.3 is 0 Å². The van der Waals surface area contributed by atoms with Crippen molar-refractivity contribution >= 4 is 5.96 Å². The molecule has 142 valence electrons. The molecule has 7 heteroatoms. The topological polar surface area (TPSA) is 72.7 Å². The molecule has 0 spiro atoms. The Kier molecular flexibility index (Phi) is 8.76. The molecule has 2 heterocycles. The van der Waals surface area contributed by atoms with Gasteiger partial charge in [-0.05, 0) is 46.1 Å². The van der Waals surface area contributed by atoms with E-state index in [1.165, 1.54) is 5.69 Å². The summed E-state index contributed by atoms with van der Waals surface area (Å²) < 4.78 is 13.1. The minimum absolute atomic E-state index is 0.288. The average Bonchev–Trinajstić information content (AvgIpc) is 3.20. The van der Waals surface area contributed by atoms with E-state index in [2.05, 4.69) is 45.3 Å². The van der Waals surface area contributed by atoms with Crippen LogP contribution in [0.15, 0.2) is 11.1 Å². The fourth-order valence-electron chi connectivity index (χ4n) is 2.83. The molecule has 0 amide bonds. The van der Waals surface area contributed by atoms with Gasteiger partial charge in [-0.25, -0.2) is 0 Å². The molecule has 0 radical (unpaired) electrons. The standard InChI is InChI=1S/C18H33N5O2/c1-4-19-18(21-9-6-11-25-17-7-12-24-14-17)20-8-5-10-23-16(3)13-15(2)22-23/h13,17H,4-12,14H2,1-3H3,(H2,19,20,21). The van der Waals surface area contributed by atoms with E-state index in [1.807, 2.05) is 6.92 Å². The maximum atomic E-state index is 5.77. The lowest BCUT2D eigenvalue weighted by atomic mass is 10.3. The van der Waals surface area contributed by atoms with Crippen LogP contribution in [0.3, 0.4) is 0 Å². The van der Waals surface area contributed by atoms with Crippen LogP contribution in [-0.2, 0) is 16.0 Å². The van der Waals surface area contributed by atoms with Crippen LogP contribution in [-0.4, -0.2) is 61.3 Å². The Hall–Kier alpha value is -1.60. The molecule has 1 atom stereocenters. The molecule has 7 nitrogen and oxygen atoms in total. The number of nitrogens with zero attached hydrogens (tertiary/aromatic N) is 3. The summed E-state index contributed by atoms with van der Waals surface area (Å²) in [5, 5.41) is 11.1. The Morgan fingerprint density at radius 2 is 2.28 bits per heavy atom. The van der Waals surface area contributed by atoms with Gasteiger partial charge in [-0.2, -0.15) is 5.10 Å². The highest BCUT2D eigenvalue weighted by Crippen LogP contribution is 2.07. The van der Waals surface area contributed by atoms with Crippen molar-refractivity contribution in [3.63, 3.8) is 0 Å². The Morgan fingerprint density at radius 3 is 2.96 bits per heavy atom. The number of ether oxygens (including phenoxy) is 2. The van der Waals surface area contributed by atoms with Crippen molar-refractivity contribution in [1.82, 2.24) is 20.4 Å². The molecule has 2 rings (SSSR count). The highest BCUT2D eigenvalue weighted by molar-refractivity contribution is 5.79. The van der Waals surface area contributed by atoms with Gasteiger partial charge in [0.2, 0.25) is 0 Å². The van der Waals surface area contributed by atoms with Gasteiger partial charge in [0, 0.05) is 45.1 Å². The Bertz CT molecular complexity index is 524. The molecule has 1 aromatic rings. The number of rotatable bonds is 10. The number of hydrogen-bond donors (Lipinski definition) is 2. The summed E-state index contributed by atoms with van der Waals surface area (Å²) in [6.07, 6.45) is 3.25. The van der Waals surface area contributed by atoms with Crippen molar-refractivity contribution in [3.05, 3.63) is 17.5 Å². The number of aromatic nitrogens is 2. The van der Waals surface area contributed by atoms with Crippen LogP contribution < -0.4 is 10.6 Å². The van der Waals surface area contributed by atoms with E-state index in [1.54, 1.807) is 0 Å². The molecular weight excluding hydrogens is 318 g/mol. The Morgan fingerprint density at radius 1 is 1.40 bits per heavy atom. The van der Waals surface area contributed by atoms with Gasteiger partial charge < -0.3 is 20.1 Å². The van der Waals surface area contributed by atoms with Crippen LogP contribution >= 0.6 is 0 Å². The second kappa shape index (κ2) is 11.1. The minimum atomic E-state index is 0.288. The van der Waals surface area contributed by atoms with Gasteiger partial charge in [0.1, 0.15) is 0 Å². The summed E-state index contributed by atoms with van der Waals surface area (Å²) in [4.78, 5) is 4.63. The molecule has 1 aliphatic rings. The lowest BCUT2D eigenvalue weighted by Gasteiger charge is -2.13. The third kappa shape index (κ3) is 7.44. The Labute approximate surface area is 151 Å². The molecule has 1 unspecified atom stereocenters. The third-order valence-electron chi connectivity index (χ3n) is 4.10. The first-order chi connectivity index (χ1) is 12.2. The van der Waals surface area contributed by atoms with Crippen LogP contribution in [0.4, 0.5) is 0 Å². The summed E-state index contributed by atoms with van der Waals surface area (Å²) >= 11 is 0. The first-order valence-electron chi connectivity index (χ1n) is 9.41. The highest BCUT2D eigenvalue weighted by Gasteiger charge is 2.15. The van der Waals surface area contributed by atoms with Crippen LogP contribution in [0.25, 0.3) is 0 Å². The van der Waals surface area contributed by atoms with Crippen LogP contribution in [0.1, 0.15) is 37.6 Å². The van der Waals surface area contributed by atoms with Gasteiger partial charge in [-0.3, -0.25) is 9.67 Å². The molecule has 1 aromatic heterocycles. The zero-order chi connectivity index (χ0) is 17.9. The van der Waals surface area contributed by atoms with E-state index in [0.717, 1.165) is 76.9 Å². The third-order valence-corrected chi connectivity index (χ3v) is 4.10.